The van der Waals surface area contributed by atoms with E-state index in [0.29, 0.717) is 18.7 Å². The van der Waals surface area contributed by atoms with Crippen LogP contribution in [0.5, 0.6) is 11.5 Å². The summed E-state index contributed by atoms with van der Waals surface area (Å²) in [4.78, 5) is 11.1. The van der Waals surface area contributed by atoms with Gasteiger partial charge in [0.05, 0.1) is 26.2 Å². The van der Waals surface area contributed by atoms with Crippen LogP contribution in [0, 0.1) is 5.92 Å². The number of rotatable bonds is 5. The van der Waals surface area contributed by atoms with Crippen molar-refractivity contribution in [3.63, 3.8) is 0 Å². The van der Waals surface area contributed by atoms with Crippen molar-refractivity contribution in [2.24, 2.45) is 5.92 Å². The van der Waals surface area contributed by atoms with E-state index in [-0.39, 0.29) is 18.1 Å². The number of methoxy groups -OCH3 is 1. The maximum atomic E-state index is 11.1. The molecule has 2 aliphatic heterocycles. The Balaban J connectivity index is 1.70. The van der Waals surface area contributed by atoms with Crippen LogP contribution < -0.4 is 14.8 Å². The monoisotopic (exact) mass is 321 g/mol. The predicted molar refractivity (Wildman–Crippen MR) is 83.9 cm³/mol. The first kappa shape index (κ1) is 16.1. The maximum absolute atomic E-state index is 11.1. The summed E-state index contributed by atoms with van der Waals surface area (Å²) in [6, 6.07) is 5.89. The van der Waals surface area contributed by atoms with Crippen molar-refractivity contribution < 1.29 is 24.1 Å². The summed E-state index contributed by atoms with van der Waals surface area (Å²) < 4.78 is 16.8. The number of carboxylic acids is 1. The van der Waals surface area contributed by atoms with E-state index in [1.807, 2.05) is 18.2 Å². The Labute approximate surface area is 135 Å². The number of carbonyl (C=O) groups is 1. The predicted octanol–water partition coefficient (Wildman–Crippen LogP) is 1.99. The second kappa shape index (κ2) is 7.19. The van der Waals surface area contributed by atoms with Gasteiger partial charge in [-0.15, -0.1) is 0 Å². The standard InChI is InChI=1S/C17H23NO5/c1-21-16-9-11(14-8-12(10-18-14)17(19)20)2-3-15(16)23-13-4-6-22-7-5-13/h2-3,9,12-14,18H,4-8,10H2,1H3,(H,19,20). The first-order chi connectivity index (χ1) is 11.2. The summed E-state index contributed by atoms with van der Waals surface area (Å²) in [6.45, 7) is 1.96. The zero-order valence-electron chi connectivity index (χ0n) is 13.3. The summed E-state index contributed by atoms with van der Waals surface area (Å²) in [5, 5.41) is 12.4. The molecule has 0 spiro atoms. The minimum Gasteiger partial charge on any atom is -0.493 e. The lowest BCUT2D eigenvalue weighted by atomic mass is 10.00. The highest BCUT2D eigenvalue weighted by Gasteiger charge is 2.30. The van der Waals surface area contributed by atoms with E-state index in [0.717, 1.165) is 37.4 Å². The molecule has 0 aliphatic carbocycles. The minimum absolute atomic E-state index is 0.0436. The van der Waals surface area contributed by atoms with Crippen LogP contribution in [0.15, 0.2) is 18.2 Å². The molecule has 3 rings (SSSR count). The summed E-state index contributed by atoms with van der Waals surface area (Å²) >= 11 is 0. The zero-order valence-corrected chi connectivity index (χ0v) is 13.3. The third-order valence-electron chi connectivity index (χ3n) is 4.53. The van der Waals surface area contributed by atoms with E-state index < -0.39 is 5.97 Å². The molecule has 0 radical (unpaired) electrons. The van der Waals surface area contributed by atoms with Gasteiger partial charge in [0.2, 0.25) is 0 Å². The van der Waals surface area contributed by atoms with Crippen LogP contribution in [0.1, 0.15) is 30.9 Å². The number of benzene rings is 1. The lowest BCUT2D eigenvalue weighted by molar-refractivity contribution is -0.141. The SMILES string of the molecule is COc1cc(C2CC(C(=O)O)CN2)ccc1OC1CCOCC1. The zero-order chi connectivity index (χ0) is 16.2. The molecule has 1 aromatic carbocycles. The third-order valence-corrected chi connectivity index (χ3v) is 4.53. The van der Waals surface area contributed by atoms with Gasteiger partial charge < -0.3 is 24.6 Å². The quantitative estimate of drug-likeness (QED) is 0.864. The van der Waals surface area contributed by atoms with Gasteiger partial charge in [-0.25, -0.2) is 0 Å². The minimum atomic E-state index is -0.744. The van der Waals surface area contributed by atoms with Crippen LogP contribution in [0.3, 0.4) is 0 Å². The van der Waals surface area contributed by atoms with Crippen LogP contribution in [0.25, 0.3) is 0 Å². The van der Waals surface area contributed by atoms with Crippen molar-refractivity contribution >= 4 is 5.97 Å². The fourth-order valence-corrected chi connectivity index (χ4v) is 3.15. The number of hydrogen-bond donors (Lipinski definition) is 2. The molecule has 23 heavy (non-hydrogen) atoms. The highest BCUT2D eigenvalue weighted by molar-refractivity contribution is 5.70. The number of aliphatic carboxylic acids is 1. The van der Waals surface area contributed by atoms with Crippen LogP contribution in [-0.2, 0) is 9.53 Å². The van der Waals surface area contributed by atoms with Crippen molar-refractivity contribution in [1.29, 1.82) is 0 Å². The van der Waals surface area contributed by atoms with Crippen molar-refractivity contribution in [1.82, 2.24) is 5.32 Å². The van der Waals surface area contributed by atoms with Gasteiger partial charge >= 0.3 is 5.97 Å². The topological polar surface area (TPSA) is 77.0 Å². The molecule has 0 saturated carbocycles. The molecule has 1 aromatic rings. The number of ether oxygens (including phenoxy) is 3. The molecule has 2 atom stereocenters. The van der Waals surface area contributed by atoms with Gasteiger partial charge in [-0.2, -0.15) is 0 Å². The van der Waals surface area contributed by atoms with E-state index in [9.17, 15) is 4.79 Å². The number of hydrogen-bond acceptors (Lipinski definition) is 5. The molecule has 126 valence electrons. The Bertz CT molecular complexity index is 556. The van der Waals surface area contributed by atoms with E-state index in [4.69, 9.17) is 19.3 Å². The molecule has 0 bridgehead atoms. The molecule has 2 unspecified atom stereocenters. The number of nitrogens with one attached hydrogen (secondary N) is 1. The molecule has 2 saturated heterocycles. The normalized spacial score (nSPS) is 25.3. The molecule has 2 fully saturated rings. The van der Waals surface area contributed by atoms with Gasteiger partial charge in [0.25, 0.3) is 0 Å². The molecule has 6 heteroatoms. The summed E-state index contributed by atoms with van der Waals surface area (Å²) in [7, 11) is 1.62. The van der Waals surface area contributed by atoms with Crippen molar-refractivity contribution in [2.75, 3.05) is 26.9 Å². The Kier molecular flexibility index (Phi) is 5.03. The van der Waals surface area contributed by atoms with Gasteiger partial charge in [-0.3, -0.25) is 4.79 Å². The highest BCUT2D eigenvalue weighted by atomic mass is 16.5. The molecular weight excluding hydrogens is 298 g/mol. The molecule has 0 amide bonds. The van der Waals surface area contributed by atoms with Gasteiger partial charge in [-0.05, 0) is 24.1 Å². The molecule has 2 aliphatic rings. The van der Waals surface area contributed by atoms with E-state index in [1.54, 1.807) is 7.11 Å². The Morgan fingerprint density at radius 1 is 1.30 bits per heavy atom. The Morgan fingerprint density at radius 2 is 2.09 bits per heavy atom. The first-order valence-corrected chi connectivity index (χ1v) is 8.06. The van der Waals surface area contributed by atoms with Gasteiger partial charge in [0, 0.05) is 25.4 Å². The van der Waals surface area contributed by atoms with Crippen molar-refractivity contribution in [2.45, 2.75) is 31.4 Å². The second-order valence-electron chi connectivity index (χ2n) is 6.07. The van der Waals surface area contributed by atoms with Crippen molar-refractivity contribution in [3.8, 4) is 11.5 Å². The fraction of sp³-hybridized carbons (Fsp3) is 0.588. The Hall–Kier alpha value is -1.79. The van der Waals surface area contributed by atoms with Crippen LogP contribution >= 0.6 is 0 Å². The Morgan fingerprint density at radius 3 is 2.74 bits per heavy atom. The van der Waals surface area contributed by atoms with Gasteiger partial charge in [0.1, 0.15) is 6.10 Å². The lowest BCUT2D eigenvalue weighted by Crippen LogP contribution is -2.26. The first-order valence-electron chi connectivity index (χ1n) is 8.06. The van der Waals surface area contributed by atoms with Crippen LogP contribution in [-0.4, -0.2) is 44.0 Å². The average Bonchev–Trinajstić information content (AvgIpc) is 3.06. The van der Waals surface area contributed by atoms with E-state index >= 15 is 0 Å². The van der Waals surface area contributed by atoms with Gasteiger partial charge in [0.15, 0.2) is 11.5 Å². The largest absolute Gasteiger partial charge is 0.493 e. The fourth-order valence-electron chi connectivity index (χ4n) is 3.15. The van der Waals surface area contributed by atoms with Gasteiger partial charge in [-0.1, -0.05) is 6.07 Å². The molecular formula is C17H23NO5. The van der Waals surface area contributed by atoms with Crippen LogP contribution in [0.2, 0.25) is 0 Å². The summed E-state index contributed by atoms with van der Waals surface area (Å²) in [6.07, 6.45) is 2.52. The number of carboxylic acid groups (broad SMARTS) is 1. The molecule has 2 N–H and O–H groups in total. The third kappa shape index (κ3) is 3.76. The van der Waals surface area contributed by atoms with E-state index in [2.05, 4.69) is 5.32 Å². The molecule has 0 aromatic heterocycles. The summed E-state index contributed by atoms with van der Waals surface area (Å²) in [5.41, 5.74) is 1.03. The van der Waals surface area contributed by atoms with Crippen LogP contribution in [0.4, 0.5) is 0 Å². The average molecular weight is 321 g/mol. The molecule has 2 heterocycles. The second-order valence-corrected chi connectivity index (χ2v) is 6.07. The van der Waals surface area contributed by atoms with E-state index in [1.165, 1.54) is 0 Å². The smallest absolute Gasteiger partial charge is 0.307 e. The molecule has 6 nitrogen and oxygen atoms in total. The lowest BCUT2D eigenvalue weighted by Gasteiger charge is -2.24. The highest BCUT2D eigenvalue weighted by Crippen LogP contribution is 2.35. The van der Waals surface area contributed by atoms with Crippen molar-refractivity contribution in [3.05, 3.63) is 23.8 Å². The maximum Gasteiger partial charge on any atom is 0.307 e. The summed E-state index contributed by atoms with van der Waals surface area (Å²) in [5.74, 6) is 0.348.